The van der Waals surface area contributed by atoms with Gasteiger partial charge in [-0.05, 0) is 14.1 Å². The second-order valence-electron chi connectivity index (χ2n) is 5.21. The fraction of sp³-hybridized carbons (Fsp3) is 0.400. The van der Waals surface area contributed by atoms with Crippen LogP contribution in [0.5, 0.6) is 11.5 Å². The number of nitrogens with zero attached hydrogens (tertiary/aromatic N) is 4. The topological polar surface area (TPSA) is 84.4 Å². The lowest BCUT2D eigenvalue weighted by Crippen LogP contribution is -2.21. The highest BCUT2D eigenvalue weighted by Crippen LogP contribution is 2.36. The largest absolute Gasteiger partial charge is 0.495 e. The number of halogens is 1. The number of methoxy groups -OCH3 is 2. The number of ether oxygens (including phenoxy) is 2. The Labute approximate surface area is 146 Å². The Kier molecular flexibility index (Phi) is 6.39. The van der Waals surface area contributed by atoms with Crippen molar-refractivity contribution in [2.45, 2.75) is 0 Å². The van der Waals surface area contributed by atoms with Crippen LogP contribution in [-0.2, 0) is 0 Å². The summed E-state index contributed by atoms with van der Waals surface area (Å²) >= 11 is 6.10. The number of hydrogen-bond acceptors (Lipinski definition) is 8. The zero-order chi connectivity index (χ0) is 17.5. The zero-order valence-electron chi connectivity index (χ0n) is 14.1. The first-order valence-electron chi connectivity index (χ1n) is 7.30. The molecule has 9 heteroatoms. The van der Waals surface area contributed by atoms with E-state index >= 15 is 0 Å². The van der Waals surface area contributed by atoms with Gasteiger partial charge in [0.15, 0.2) is 5.82 Å². The summed E-state index contributed by atoms with van der Waals surface area (Å²) in [5, 5.41) is 14.6. The predicted octanol–water partition coefficient (Wildman–Crippen LogP) is 2.26. The molecule has 0 aliphatic carbocycles. The van der Waals surface area contributed by atoms with Crippen molar-refractivity contribution in [2.75, 3.05) is 52.0 Å². The van der Waals surface area contributed by atoms with Gasteiger partial charge in [0, 0.05) is 25.2 Å². The molecule has 0 unspecified atom stereocenters. The minimum atomic E-state index is 0.340. The Morgan fingerprint density at radius 2 is 1.92 bits per heavy atom. The van der Waals surface area contributed by atoms with Gasteiger partial charge in [0.1, 0.15) is 11.5 Å². The maximum absolute atomic E-state index is 6.10. The van der Waals surface area contributed by atoms with Crippen molar-refractivity contribution >= 4 is 29.1 Å². The van der Waals surface area contributed by atoms with Crippen LogP contribution in [0.2, 0.25) is 5.02 Å². The number of hydrogen-bond donors (Lipinski definition) is 2. The molecular formula is C15H21ClN6O2. The Morgan fingerprint density at radius 1 is 1.17 bits per heavy atom. The normalized spacial score (nSPS) is 10.6. The average Bonchev–Trinajstić information content (AvgIpc) is 2.56. The van der Waals surface area contributed by atoms with Gasteiger partial charge in [0.2, 0.25) is 5.95 Å². The van der Waals surface area contributed by atoms with Crippen molar-refractivity contribution in [3.63, 3.8) is 0 Å². The molecule has 130 valence electrons. The molecule has 2 rings (SSSR count). The number of aromatic nitrogens is 3. The Hall–Kier alpha value is -2.32. The first kappa shape index (κ1) is 18.0. The molecule has 24 heavy (non-hydrogen) atoms. The van der Waals surface area contributed by atoms with E-state index in [1.54, 1.807) is 32.5 Å². The summed E-state index contributed by atoms with van der Waals surface area (Å²) in [7, 11) is 7.12. The van der Waals surface area contributed by atoms with E-state index in [4.69, 9.17) is 21.1 Å². The molecule has 0 spiro atoms. The van der Waals surface area contributed by atoms with Crippen LogP contribution in [0.15, 0.2) is 18.3 Å². The van der Waals surface area contributed by atoms with Gasteiger partial charge < -0.3 is 25.0 Å². The highest BCUT2D eigenvalue weighted by Gasteiger charge is 2.11. The molecule has 0 fully saturated rings. The van der Waals surface area contributed by atoms with Crippen LogP contribution < -0.4 is 20.1 Å². The predicted molar refractivity (Wildman–Crippen MR) is 94.7 cm³/mol. The quantitative estimate of drug-likeness (QED) is 0.748. The molecular weight excluding hydrogens is 332 g/mol. The first-order valence-corrected chi connectivity index (χ1v) is 7.68. The van der Waals surface area contributed by atoms with Crippen LogP contribution in [0.25, 0.3) is 0 Å². The van der Waals surface area contributed by atoms with E-state index in [0.717, 1.165) is 13.1 Å². The van der Waals surface area contributed by atoms with Crippen LogP contribution in [0.3, 0.4) is 0 Å². The monoisotopic (exact) mass is 352 g/mol. The van der Waals surface area contributed by atoms with Crippen molar-refractivity contribution in [1.29, 1.82) is 0 Å². The minimum Gasteiger partial charge on any atom is -0.495 e. The maximum atomic E-state index is 6.10. The summed E-state index contributed by atoms with van der Waals surface area (Å²) in [5.74, 6) is 2.05. The molecule has 1 heterocycles. The Morgan fingerprint density at radius 3 is 2.58 bits per heavy atom. The Bertz CT molecular complexity index is 683. The van der Waals surface area contributed by atoms with E-state index in [1.807, 2.05) is 14.1 Å². The van der Waals surface area contributed by atoms with Crippen LogP contribution >= 0.6 is 11.6 Å². The second kappa shape index (κ2) is 8.51. The summed E-state index contributed by atoms with van der Waals surface area (Å²) in [4.78, 5) is 6.45. The molecule has 0 atom stereocenters. The Balaban J connectivity index is 2.16. The molecule has 0 aliphatic heterocycles. The van der Waals surface area contributed by atoms with Gasteiger partial charge in [-0.25, -0.2) is 0 Å². The van der Waals surface area contributed by atoms with Gasteiger partial charge >= 0.3 is 0 Å². The van der Waals surface area contributed by atoms with Gasteiger partial charge in [-0.15, -0.1) is 5.10 Å². The summed E-state index contributed by atoms with van der Waals surface area (Å²) in [6, 6.07) is 3.38. The van der Waals surface area contributed by atoms with Gasteiger partial charge in [-0.3, -0.25) is 0 Å². The van der Waals surface area contributed by atoms with Gasteiger partial charge in [-0.2, -0.15) is 10.1 Å². The number of benzene rings is 1. The molecule has 0 radical (unpaired) electrons. The highest BCUT2D eigenvalue weighted by atomic mass is 35.5. The number of likely N-dealkylation sites (N-methyl/N-ethyl adjacent to an activating group) is 1. The highest BCUT2D eigenvalue weighted by molar-refractivity contribution is 6.32. The van der Waals surface area contributed by atoms with Crippen molar-refractivity contribution < 1.29 is 9.47 Å². The molecule has 1 aromatic carbocycles. The lowest BCUT2D eigenvalue weighted by Gasteiger charge is -2.13. The number of rotatable bonds is 8. The van der Waals surface area contributed by atoms with Crippen LogP contribution in [0, 0.1) is 0 Å². The number of anilines is 3. The van der Waals surface area contributed by atoms with Crippen molar-refractivity contribution in [3.8, 4) is 11.5 Å². The van der Waals surface area contributed by atoms with E-state index in [9.17, 15) is 0 Å². The fourth-order valence-corrected chi connectivity index (χ4v) is 2.16. The number of nitrogens with one attached hydrogen (secondary N) is 2. The third-order valence-electron chi connectivity index (χ3n) is 3.14. The maximum Gasteiger partial charge on any atom is 0.249 e. The molecule has 0 aliphatic rings. The minimum absolute atomic E-state index is 0.340. The molecule has 8 nitrogen and oxygen atoms in total. The molecule has 0 saturated heterocycles. The molecule has 0 amide bonds. The smallest absolute Gasteiger partial charge is 0.249 e. The van der Waals surface area contributed by atoms with E-state index < -0.39 is 0 Å². The molecule has 2 N–H and O–H groups in total. The SMILES string of the molecule is COc1cc(Nc2nncc(NCCN(C)C)n2)c(OC)cc1Cl. The van der Waals surface area contributed by atoms with Crippen LogP contribution in [0.1, 0.15) is 0 Å². The van der Waals surface area contributed by atoms with Gasteiger partial charge in [-0.1, -0.05) is 11.6 Å². The van der Waals surface area contributed by atoms with E-state index in [0.29, 0.717) is 34.0 Å². The summed E-state index contributed by atoms with van der Waals surface area (Å²) in [5.41, 5.74) is 0.631. The molecule has 1 aromatic heterocycles. The van der Waals surface area contributed by atoms with Gasteiger partial charge in [0.05, 0.1) is 31.1 Å². The average molecular weight is 353 g/mol. The van der Waals surface area contributed by atoms with Crippen molar-refractivity contribution in [3.05, 3.63) is 23.4 Å². The lowest BCUT2D eigenvalue weighted by molar-refractivity contribution is 0.405. The van der Waals surface area contributed by atoms with Crippen LogP contribution in [0.4, 0.5) is 17.5 Å². The summed E-state index contributed by atoms with van der Waals surface area (Å²) < 4.78 is 10.5. The van der Waals surface area contributed by atoms with Gasteiger partial charge in [0.25, 0.3) is 0 Å². The van der Waals surface area contributed by atoms with Crippen molar-refractivity contribution in [1.82, 2.24) is 20.1 Å². The fourth-order valence-electron chi connectivity index (χ4n) is 1.93. The molecule has 0 saturated carbocycles. The van der Waals surface area contributed by atoms with Crippen molar-refractivity contribution in [2.24, 2.45) is 0 Å². The molecule has 0 bridgehead atoms. The standard InChI is InChI=1S/C15H21ClN6O2/c1-22(2)6-5-17-14-9-18-21-15(20-14)19-11-8-12(23-3)10(16)7-13(11)24-4/h7-9H,5-6H2,1-4H3,(H2,17,19,20,21). The first-order chi connectivity index (χ1) is 11.5. The third kappa shape index (κ3) is 4.84. The zero-order valence-corrected chi connectivity index (χ0v) is 14.9. The lowest BCUT2D eigenvalue weighted by atomic mass is 10.2. The second-order valence-corrected chi connectivity index (χ2v) is 5.61. The van der Waals surface area contributed by atoms with E-state index in [2.05, 4.69) is 30.7 Å². The molecule has 2 aromatic rings. The van der Waals surface area contributed by atoms with Crippen LogP contribution in [-0.4, -0.2) is 61.5 Å². The summed E-state index contributed by atoms with van der Waals surface area (Å²) in [6.07, 6.45) is 1.57. The van der Waals surface area contributed by atoms with E-state index in [-0.39, 0.29) is 0 Å². The van der Waals surface area contributed by atoms with E-state index in [1.165, 1.54) is 0 Å². The summed E-state index contributed by atoms with van der Waals surface area (Å²) in [6.45, 7) is 1.64. The third-order valence-corrected chi connectivity index (χ3v) is 3.44.